The van der Waals surface area contributed by atoms with Crippen LogP contribution in [0.5, 0.6) is 11.5 Å². The molecule has 2 bridgehead atoms. The van der Waals surface area contributed by atoms with Gasteiger partial charge >= 0.3 is 5.97 Å². The maximum Gasteiger partial charge on any atom is 0.320 e. The SMILES string of the molecule is N[C@@H](Cc1ccc2cc1OCO2)C(=O)O. The molecule has 15 heavy (non-hydrogen) atoms. The van der Waals surface area contributed by atoms with E-state index in [1.54, 1.807) is 18.2 Å². The number of carbonyl (C=O) groups is 1. The first-order chi connectivity index (χ1) is 7.16. The molecule has 1 aliphatic rings. The van der Waals surface area contributed by atoms with Gasteiger partial charge in [0.25, 0.3) is 0 Å². The minimum atomic E-state index is -1.02. The van der Waals surface area contributed by atoms with E-state index in [9.17, 15) is 4.79 Å². The Balaban J connectivity index is 2.19. The van der Waals surface area contributed by atoms with Crippen LogP contribution in [0.25, 0.3) is 0 Å². The Labute approximate surface area is 86.4 Å². The number of fused-ring (bicyclic) bond motifs is 2. The molecular formula is C10H11NO4. The molecule has 0 spiro atoms. The number of benzene rings is 1. The predicted molar refractivity (Wildman–Crippen MR) is 51.9 cm³/mol. The Bertz CT molecular complexity index is 391. The van der Waals surface area contributed by atoms with E-state index in [2.05, 4.69) is 0 Å². The van der Waals surface area contributed by atoms with Crippen LogP contribution in [0.3, 0.4) is 0 Å². The van der Waals surface area contributed by atoms with Gasteiger partial charge in [-0.25, -0.2) is 0 Å². The summed E-state index contributed by atoms with van der Waals surface area (Å²) in [5, 5.41) is 8.68. The zero-order valence-electron chi connectivity index (χ0n) is 7.97. The van der Waals surface area contributed by atoms with Crippen molar-refractivity contribution in [3.63, 3.8) is 0 Å². The number of carboxylic acid groups (broad SMARTS) is 1. The summed E-state index contributed by atoms with van der Waals surface area (Å²) in [6.45, 7) is 0.164. The number of carboxylic acids is 1. The molecule has 0 saturated heterocycles. The van der Waals surface area contributed by atoms with Gasteiger partial charge in [0.15, 0.2) is 0 Å². The van der Waals surface area contributed by atoms with Crippen molar-refractivity contribution in [2.45, 2.75) is 12.5 Å². The van der Waals surface area contributed by atoms with Crippen LogP contribution < -0.4 is 15.2 Å². The fraction of sp³-hybridized carbons (Fsp3) is 0.300. The number of ether oxygens (including phenoxy) is 2. The topological polar surface area (TPSA) is 81.8 Å². The number of nitrogens with two attached hydrogens (primary N) is 1. The van der Waals surface area contributed by atoms with Gasteiger partial charge in [-0.15, -0.1) is 0 Å². The van der Waals surface area contributed by atoms with E-state index in [4.69, 9.17) is 20.3 Å². The van der Waals surface area contributed by atoms with Crippen molar-refractivity contribution in [2.24, 2.45) is 5.73 Å². The van der Waals surface area contributed by atoms with E-state index in [0.717, 1.165) is 11.3 Å². The highest BCUT2D eigenvalue weighted by molar-refractivity contribution is 5.73. The Kier molecular flexibility index (Phi) is 2.47. The molecule has 1 atom stereocenters. The molecule has 0 aromatic heterocycles. The molecule has 0 aliphatic carbocycles. The van der Waals surface area contributed by atoms with Gasteiger partial charge in [-0.3, -0.25) is 4.79 Å². The zero-order chi connectivity index (χ0) is 10.8. The maximum atomic E-state index is 10.6. The minimum absolute atomic E-state index is 0.164. The van der Waals surface area contributed by atoms with Crippen molar-refractivity contribution >= 4 is 5.97 Å². The highest BCUT2D eigenvalue weighted by atomic mass is 16.7. The lowest BCUT2D eigenvalue weighted by molar-refractivity contribution is -0.138. The Morgan fingerprint density at radius 3 is 3.07 bits per heavy atom. The minimum Gasteiger partial charge on any atom is -0.480 e. The summed E-state index contributed by atoms with van der Waals surface area (Å²) in [6.07, 6.45) is 0.255. The molecule has 2 rings (SSSR count). The second-order valence-electron chi connectivity index (χ2n) is 3.32. The fourth-order valence-electron chi connectivity index (χ4n) is 1.41. The van der Waals surface area contributed by atoms with Crippen LogP contribution in [0.1, 0.15) is 5.56 Å². The lowest BCUT2D eigenvalue weighted by Crippen LogP contribution is -2.32. The molecule has 0 saturated carbocycles. The van der Waals surface area contributed by atoms with E-state index >= 15 is 0 Å². The first-order valence-electron chi connectivity index (χ1n) is 4.54. The lowest BCUT2D eigenvalue weighted by Gasteiger charge is -2.19. The quantitative estimate of drug-likeness (QED) is 0.751. The van der Waals surface area contributed by atoms with Gasteiger partial charge in [0.1, 0.15) is 17.5 Å². The van der Waals surface area contributed by atoms with E-state index in [-0.39, 0.29) is 13.2 Å². The standard InChI is InChI=1S/C10H11NO4/c11-8(10(12)13)3-6-1-2-7-4-9(6)15-5-14-7/h1-2,4,8H,3,5,11H2,(H,12,13)/t8-/m0/s1. The molecule has 3 N–H and O–H groups in total. The maximum absolute atomic E-state index is 10.6. The molecule has 0 fully saturated rings. The van der Waals surface area contributed by atoms with Crippen LogP contribution in [-0.4, -0.2) is 23.9 Å². The normalized spacial score (nSPS) is 15.0. The molecular weight excluding hydrogens is 198 g/mol. The van der Waals surface area contributed by atoms with E-state index < -0.39 is 12.0 Å². The molecule has 1 heterocycles. The number of rotatable bonds is 3. The number of aliphatic carboxylic acids is 1. The smallest absolute Gasteiger partial charge is 0.320 e. The summed E-state index contributed by atoms with van der Waals surface area (Å²) in [7, 11) is 0. The van der Waals surface area contributed by atoms with Gasteiger partial charge in [0.05, 0.1) is 0 Å². The molecule has 80 valence electrons. The fourth-order valence-corrected chi connectivity index (χ4v) is 1.41. The van der Waals surface area contributed by atoms with Crippen molar-refractivity contribution in [1.29, 1.82) is 0 Å². The third-order valence-electron chi connectivity index (χ3n) is 2.24. The average molecular weight is 209 g/mol. The Morgan fingerprint density at radius 2 is 2.33 bits per heavy atom. The molecule has 0 amide bonds. The lowest BCUT2D eigenvalue weighted by atomic mass is 10.1. The van der Waals surface area contributed by atoms with Gasteiger partial charge in [-0.2, -0.15) is 0 Å². The number of hydrogen-bond donors (Lipinski definition) is 2. The highest BCUT2D eigenvalue weighted by Crippen LogP contribution is 2.29. The Morgan fingerprint density at radius 1 is 1.53 bits per heavy atom. The predicted octanol–water partition coefficient (Wildman–Crippen LogP) is 0.370. The van der Waals surface area contributed by atoms with Crippen LogP contribution in [0.4, 0.5) is 0 Å². The third kappa shape index (κ3) is 2.02. The summed E-state index contributed by atoms with van der Waals surface area (Å²) < 4.78 is 10.3. The number of hydrogen-bond acceptors (Lipinski definition) is 4. The van der Waals surface area contributed by atoms with Crippen molar-refractivity contribution in [1.82, 2.24) is 0 Å². The Hall–Kier alpha value is -1.75. The van der Waals surface area contributed by atoms with Crippen molar-refractivity contribution < 1.29 is 19.4 Å². The van der Waals surface area contributed by atoms with Crippen LogP contribution >= 0.6 is 0 Å². The average Bonchev–Trinajstić information content (AvgIpc) is 2.22. The van der Waals surface area contributed by atoms with Gasteiger partial charge in [-0.05, 0) is 11.6 Å². The monoisotopic (exact) mass is 209 g/mol. The first kappa shape index (κ1) is 9.79. The second kappa shape index (κ2) is 3.78. The van der Waals surface area contributed by atoms with Crippen LogP contribution in [0, 0.1) is 0 Å². The molecule has 1 aromatic carbocycles. The summed E-state index contributed by atoms with van der Waals surface area (Å²) >= 11 is 0. The summed E-state index contributed by atoms with van der Waals surface area (Å²) in [6, 6.07) is 4.37. The van der Waals surface area contributed by atoms with Crippen LogP contribution in [0.2, 0.25) is 0 Å². The van der Waals surface area contributed by atoms with Gasteiger partial charge < -0.3 is 20.3 Å². The van der Waals surface area contributed by atoms with Crippen LogP contribution in [0.15, 0.2) is 18.2 Å². The van der Waals surface area contributed by atoms with Gasteiger partial charge in [-0.1, -0.05) is 6.07 Å². The molecule has 5 nitrogen and oxygen atoms in total. The third-order valence-corrected chi connectivity index (χ3v) is 2.24. The zero-order valence-corrected chi connectivity index (χ0v) is 7.97. The van der Waals surface area contributed by atoms with Gasteiger partial charge in [0, 0.05) is 12.5 Å². The van der Waals surface area contributed by atoms with E-state index in [0.29, 0.717) is 5.75 Å². The molecule has 0 radical (unpaired) electrons. The largest absolute Gasteiger partial charge is 0.480 e. The first-order valence-corrected chi connectivity index (χ1v) is 4.54. The summed E-state index contributed by atoms with van der Waals surface area (Å²) in [5.74, 6) is 0.359. The highest BCUT2D eigenvalue weighted by Gasteiger charge is 2.17. The van der Waals surface area contributed by atoms with Gasteiger partial charge in [0.2, 0.25) is 6.79 Å². The molecule has 1 aliphatic heterocycles. The van der Waals surface area contributed by atoms with E-state index in [1.807, 2.05) is 0 Å². The van der Waals surface area contributed by atoms with Crippen LogP contribution in [-0.2, 0) is 11.2 Å². The molecule has 1 aromatic rings. The summed E-state index contributed by atoms with van der Waals surface area (Å²) in [5.41, 5.74) is 6.23. The van der Waals surface area contributed by atoms with Crippen molar-refractivity contribution in [3.05, 3.63) is 23.8 Å². The molecule has 5 heteroatoms. The molecule has 0 unspecified atom stereocenters. The summed E-state index contributed by atoms with van der Waals surface area (Å²) in [4.78, 5) is 10.6. The van der Waals surface area contributed by atoms with Crippen molar-refractivity contribution in [2.75, 3.05) is 6.79 Å². The second-order valence-corrected chi connectivity index (χ2v) is 3.32. The van der Waals surface area contributed by atoms with E-state index in [1.165, 1.54) is 0 Å². The van der Waals surface area contributed by atoms with Crippen molar-refractivity contribution in [3.8, 4) is 11.5 Å².